The SMILES string of the molecule is CCN1C(=S)N(c2ccc(Br)cc2)[C@H]2CS(=O)(=O)C[C@@H]21. The second kappa shape index (κ2) is 4.96. The molecule has 4 nitrogen and oxygen atoms in total. The molecule has 3 rings (SSSR count). The molecule has 1 aromatic carbocycles. The first-order valence-corrected chi connectivity index (χ1v) is 9.51. The van der Waals surface area contributed by atoms with Crippen LogP contribution in [-0.2, 0) is 9.84 Å². The van der Waals surface area contributed by atoms with Crippen molar-refractivity contribution in [3.63, 3.8) is 0 Å². The Kier molecular flexibility index (Phi) is 3.54. The zero-order chi connectivity index (χ0) is 14.5. The summed E-state index contributed by atoms with van der Waals surface area (Å²) in [5.74, 6) is 0.392. The predicted molar refractivity (Wildman–Crippen MR) is 87.8 cm³/mol. The van der Waals surface area contributed by atoms with Gasteiger partial charge < -0.3 is 9.80 Å². The summed E-state index contributed by atoms with van der Waals surface area (Å²) >= 11 is 8.96. The maximum absolute atomic E-state index is 11.9. The van der Waals surface area contributed by atoms with Crippen LogP contribution in [0.5, 0.6) is 0 Å². The molecule has 0 N–H and O–H groups in total. The Morgan fingerprint density at radius 2 is 1.85 bits per heavy atom. The van der Waals surface area contributed by atoms with Gasteiger partial charge in [-0.05, 0) is 43.4 Å². The first kappa shape index (κ1) is 14.3. The van der Waals surface area contributed by atoms with Gasteiger partial charge in [0.05, 0.1) is 23.6 Å². The Morgan fingerprint density at radius 3 is 2.45 bits per heavy atom. The van der Waals surface area contributed by atoms with Crippen LogP contribution in [0.15, 0.2) is 28.7 Å². The highest BCUT2D eigenvalue weighted by molar-refractivity contribution is 9.10. The smallest absolute Gasteiger partial charge is 0.176 e. The highest BCUT2D eigenvalue weighted by Gasteiger charge is 2.51. The number of nitrogens with zero attached hydrogens (tertiary/aromatic N) is 2. The molecular weight excluding hydrogens is 360 g/mol. The van der Waals surface area contributed by atoms with Crippen LogP contribution in [0.1, 0.15) is 6.92 Å². The minimum atomic E-state index is -2.97. The van der Waals surface area contributed by atoms with Crippen LogP contribution in [0.25, 0.3) is 0 Å². The lowest BCUT2D eigenvalue weighted by Crippen LogP contribution is -2.37. The van der Waals surface area contributed by atoms with Crippen molar-refractivity contribution >= 4 is 48.8 Å². The van der Waals surface area contributed by atoms with E-state index < -0.39 is 9.84 Å². The molecule has 0 aromatic heterocycles. The van der Waals surface area contributed by atoms with Gasteiger partial charge in [0.2, 0.25) is 0 Å². The molecule has 1 aromatic rings. The molecule has 0 bridgehead atoms. The van der Waals surface area contributed by atoms with Gasteiger partial charge in [-0.15, -0.1) is 0 Å². The summed E-state index contributed by atoms with van der Waals surface area (Å²) < 4.78 is 24.9. The third-order valence-corrected chi connectivity index (χ3v) is 6.58. The van der Waals surface area contributed by atoms with Crippen LogP contribution in [0.4, 0.5) is 5.69 Å². The van der Waals surface area contributed by atoms with Gasteiger partial charge in [0.25, 0.3) is 0 Å². The number of halogens is 1. The predicted octanol–water partition coefficient (Wildman–Crippen LogP) is 2.04. The van der Waals surface area contributed by atoms with E-state index in [-0.39, 0.29) is 23.6 Å². The van der Waals surface area contributed by atoms with Gasteiger partial charge in [0, 0.05) is 16.7 Å². The first-order valence-electron chi connectivity index (χ1n) is 6.49. The van der Waals surface area contributed by atoms with Crippen molar-refractivity contribution in [2.75, 3.05) is 23.0 Å². The number of anilines is 1. The number of rotatable bonds is 2. The average molecular weight is 375 g/mol. The number of thiocarbonyl (C=S) groups is 1. The monoisotopic (exact) mass is 374 g/mol. The summed E-state index contributed by atoms with van der Waals surface area (Å²) in [6, 6.07) is 7.76. The highest BCUT2D eigenvalue weighted by Crippen LogP contribution is 2.35. The van der Waals surface area contributed by atoms with E-state index in [1.165, 1.54) is 0 Å². The van der Waals surface area contributed by atoms with Crippen molar-refractivity contribution in [3.05, 3.63) is 28.7 Å². The van der Waals surface area contributed by atoms with Crippen LogP contribution in [-0.4, -0.2) is 48.6 Å². The van der Waals surface area contributed by atoms with Gasteiger partial charge in [0.1, 0.15) is 0 Å². The van der Waals surface area contributed by atoms with Crippen LogP contribution in [0, 0.1) is 0 Å². The van der Waals surface area contributed by atoms with Crippen LogP contribution >= 0.6 is 28.1 Å². The van der Waals surface area contributed by atoms with E-state index in [4.69, 9.17) is 12.2 Å². The Labute approximate surface area is 132 Å². The van der Waals surface area contributed by atoms with Crippen LogP contribution in [0.2, 0.25) is 0 Å². The van der Waals surface area contributed by atoms with Gasteiger partial charge in [-0.3, -0.25) is 0 Å². The van der Waals surface area contributed by atoms with E-state index in [2.05, 4.69) is 15.9 Å². The summed E-state index contributed by atoms with van der Waals surface area (Å²) in [6.45, 7) is 2.75. The summed E-state index contributed by atoms with van der Waals surface area (Å²) in [7, 11) is -2.97. The third kappa shape index (κ3) is 2.25. The molecule has 7 heteroatoms. The van der Waals surface area contributed by atoms with E-state index in [0.717, 1.165) is 21.8 Å². The largest absolute Gasteiger partial charge is 0.343 e. The zero-order valence-corrected chi connectivity index (χ0v) is 14.2. The fraction of sp³-hybridized carbons (Fsp3) is 0.462. The molecular formula is C13H15BrN2O2S2. The molecule has 20 heavy (non-hydrogen) atoms. The Morgan fingerprint density at radius 1 is 1.25 bits per heavy atom. The van der Waals surface area contributed by atoms with Gasteiger partial charge >= 0.3 is 0 Å². The lowest BCUT2D eigenvalue weighted by Gasteiger charge is -2.24. The standard InChI is InChI=1S/C13H15BrN2O2S2/c1-2-15-11-7-20(17,18)8-12(11)16(13(15)19)10-5-3-9(14)4-6-10/h3-6,11-12H,2,7-8H2,1H3/t11-,12-/m0/s1. The van der Waals surface area contributed by atoms with Gasteiger partial charge in [-0.25, -0.2) is 8.42 Å². The normalized spacial score (nSPS) is 28.0. The topological polar surface area (TPSA) is 40.6 Å². The lowest BCUT2D eigenvalue weighted by atomic mass is 10.1. The maximum atomic E-state index is 11.9. The van der Waals surface area contributed by atoms with Crippen LogP contribution in [0.3, 0.4) is 0 Å². The molecule has 0 radical (unpaired) electrons. The second-order valence-corrected chi connectivity index (χ2v) is 8.56. The minimum Gasteiger partial charge on any atom is -0.343 e. The van der Waals surface area contributed by atoms with Crippen molar-refractivity contribution in [1.82, 2.24) is 4.90 Å². The quantitative estimate of drug-likeness (QED) is 0.740. The van der Waals surface area contributed by atoms with Crippen molar-refractivity contribution in [2.24, 2.45) is 0 Å². The number of fused-ring (bicyclic) bond motifs is 1. The summed E-state index contributed by atoms with van der Waals surface area (Å²) in [5, 5.41) is 0.736. The number of benzene rings is 1. The minimum absolute atomic E-state index is 0.0128. The van der Waals surface area contributed by atoms with E-state index in [9.17, 15) is 8.42 Å². The molecule has 2 saturated heterocycles. The molecule has 108 valence electrons. The second-order valence-electron chi connectivity index (χ2n) is 5.13. The fourth-order valence-corrected chi connectivity index (χ4v) is 5.77. The van der Waals surface area contributed by atoms with Crippen molar-refractivity contribution in [1.29, 1.82) is 0 Å². The average Bonchev–Trinajstić information content (AvgIpc) is 2.80. The van der Waals surface area contributed by atoms with E-state index >= 15 is 0 Å². The molecule has 0 unspecified atom stereocenters. The number of likely N-dealkylation sites (N-methyl/N-ethyl adjacent to an activating group) is 1. The zero-order valence-electron chi connectivity index (χ0n) is 11.0. The van der Waals surface area contributed by atoms with E-state index in [0.29, 0.717) is 0 Å². The molecule has 0 saturated carbocycles. The number of hydrogen-bond donors (Lipinski definition) is 0. The molecule has 2 fully saturated rings. The van der Waals surface area contributed by atoms with Gasteiger partial charge in [-0.1, -0.05) is 15.9 Å². The van der Waals surface area contributed by atoms with Crippen molar-refractivity contribution in [3.8, 4) is 0 Å². The number of hydrogen-bond acceptors (Lipinski definition) is 3. The molecule has 2 atom stereocenters. The number of sulfone groups is 1. The van der Waals surface area contributed by atoms with Crippen molar-refractivity contribution in [2.45, 2.75) is 19.0 Å². The van der Waals surface area contributed by atoms with Gasteiger partial charge in [0.15, 0.2) is 14.9 Å². The van der Waals surface area contributed by atoms with E-state index in [1.54, 1.807) is 0 Å². The molecule has 0 aliphatic carbocycles. The van der Waals surface area contributed by atoms with Crippen molar-refractivity contribution < 1.29 is 8.42 Å². The van der Waals surface area contributed by atoms with Gasteiger partial charge in [-0.2, -0.15) is 0 Å². The lowest BCUT2D eigenvalue weighted by molar-refractivity contribution is 0.373. The summed E-state index contributed by atoms with van der Waals surface area (Å²) in [5.41, 5.74) is 0.959. The summed E-state index contributed by atoms with van der Waals surface area (Å²) in [6.07, 6.45) is 0. The maximum Gasteiger partial charge on any atom is 0.176 e. The highest BCUT2D eigenvalue weighted by atomic mass is 79.9. The summed E-state index contributed by atoms with van der Waals surface area (Å²) in [4.78, 5) is 4.03. The molecule has 2 aliphatic rings. The fourth-order valence-electron chi connectivity index (χ4n) is 3.05. The Bertz CT molecular complexity index is 645. The van der Waals surface area contributed by atoms with E-state index in [1.807, 2.05) is 41.0 Å². The molecule has 2 aliphatic heterocycles. The molecule has 0 amide bonds. The molecule has 2 heterocycles. The molecule has 0 spiro atoms. The Hall–Kier alpha value is -0.660. The third-order valence-electron chi connectivity index (χ3n) is 3.92. The van der Waals surface area contributed by atoms with Crippen LogP contribution < -0.4 is 4.90 Å². The first-order chi connectivity index (χ1) is 9.43. The Balaban J connectivity index is 2.01.